The Morgan fingerprint density at radius 1 is 1.10 bits per heavy atom. The lowest BCUT2D eigenvalue weighted by molar-refractivity contribution is -0.120. The first-order valence-corrected chi connectivity index (χ1v) is 9.43. The summed E-state index contributed by atoms with van der Waals surface area (Å²) in [6.45, 7) is 0. The highest BCUT2D eigenvalue weighted by molar-refractivity contribution is 5.92. The molecule has 0 spiro atoms. The third-order valence-corrected chi connectivity index (χ3v) is 5.04. The Balaban J connectivity index is 1.29. The second kappa shape index (κ2) is 8.26. The molecule has 4 rings (SSSR count). The Morgan fingerprint density at radius 3 is 2.62 bits per heavy atom. The number of anilines is 1. The monoisotopic (exact) mass is 397 g/mol. The van der Waals surface area contributed by atoms with E-state index in [1.165, 1.54) is 23.1 Å². The Kier molecular flexibility index (Phi) is 5.37. The van der Waals surface area contributed by atoms with Crippen molar-refractivity contribution in [3.63, 3.8) is 0 Å². The number of nitrogens with one attached hydrogen (secondary N) is 2. The predicted octanol–water partition coefficient (Wildman–Crippen LogP) is 2.93. The molecule has 0 bridgehead atoms. The molecule has 0 unspecified atom stereocenters. The zero-order valence-corrected chi connectivity index (χ0v) is 15.5. The van der Waals surface area contributed by atoms with Gasteiger partial charge in [0.25, 0.3) is 5.91 Å². The predicted molar refractivity (Wildman–Crippen MR) is 102 cm³/mol. The van der Waals surface area contributed by atoms with Gasteiger partial charge in [-0.25, -0.2) is 9.07 Å². The largest absolute Gasteiger partial charge is 0.364 e. The second-order valence-electron chi connectivity index (χ2n) is 6.99. The van der Waals surface area contributed by atoms with E-state index in [0.29, 0.717) is 37.2 Å². The molecule has 0 saturated heterocycles. The van der Waals surface area contributed by atoms with Crippen LogP contribution < -0.4 is 10.6 Å². The van der Waals surface area contributed by atoms with Crippen molar-refractivity contribution in [1.82, 2.24) is 20.3 Å². The first kappa shape index (κ1) is 18.9. The molecule has 9 heteroatoms. The number of benzene rings is 1. The van der Waals surface area contributed by atoms with Crippen LogP contribution in [0.15, 0.2) is 53.4 Å². The molecule has 1 aliphatic carbocycles. The maximum atomic E-state index is 13.9. The molecule has 2 heterocycles. The molecule has 1 fully saturated rings. The number of carbonyl (C=O) groups excluding carboxylic acids is 2. The fourth-order valence-electron chi connectivity index (χ4n) is 3.48. The molecule has 0 atom stereocenters. The Labute approximate surface area is 166 Å². The van der Waals surface area contributed by atoms with Gasteiger partial charge in [-0.2, -0.15) is 0 Å². The van der Waals surface area contributed by atoms with E-state index in [1.807, 2.05) is 0 Å². The minimum absolute atomic E-state index is 0.00325. The molecule has 2 aromatic heterocycles. The van der Waals surface area contributed by atoms with E-state index in [0.717, 1.165) is 0 Å². The summed E-state index contributed by atoms with van der Waals surface area (Å²) in [7, 11) is 0. The van der Waals surface area contributed by atoms with E-state index < -0.39 is 0 Å². The highest BCUT2D eigenvalue weighted by Crippen LogP contribution is 2.26. The number of hydrogen-bond acceptors (Lipinski definition) is 5. The summed E-state index contributed by atoms with van der Waals surface area (Å²) in [4.78, 5) is 24.6. The lowest BCUT2D eigenvalue weighted by Gasteiger charge is -2.27. The first-order valence-electron chi connectivity index (χ1n) is 9.43. The highest BCUT2D eigenvalue weighted by atomic mass is 19.1. The number of hydrogen-bond donors (Lipinski definition) is 2. The van der Waals surface area contributed by atoms with Gasteiger partial charge in [-0.05, 0) is 37.8 Å². The number of rotatable bonds is 5. The van der Waals surface area contributed by atoms with E-state index in [1.54, 1.807) is 30.5 Å². The number of para-hydroxylation sites is 1. The molecule has 3 aromatic rings. The molecule has 2 amide bonds. The van der Waals surface area contributed by atoms with Crippen molar-refractivity contribution in [2.75, 3.05) is 5.32 Å². The SMILES string of the molecule is O=C(N[C@H]1CC[C@@H](C(=O)Nc2ccn(-c3ccccc3F)n2)CC1)c1ccon1. The maximum Gasteiger partial charge on any atom is 0.273 e. The van der Waals surface area contributed by atoms with Crippen molar-refractivity contribution < 1.29 is 18.5 Å². The number of nitrogens with zero attached hydrogens (tertiary/aromatic N) is 3. The van der Waals surface area contributed by atoms with Gasteiger partial charge < -0.3 is 15.2 Å². The molecule has 29 heavy (non-hydrogen) atoms. The van der Waals surface area contributed by atoms with Gasteiger partial charge >= 0.3 is 0 Å². The molecule has 0 radical (unpaired) electrons. The van der Waals surface area contributed by atoms with Crippen LogP contribution in [-0.4, -0.2) is 32.8 Å². The molecule has 1 aromatic carbocycles. The highest BCUT2D eigenvalue weighted by Gasteiger charge is 2.28. The van der Waals surface area contributed by atoms with E-state index in [2.05, 4.69) is 25.4 Å². The summed E-state index contributed by atoms with van der Waals surface area (Å²) >= 11 is 0. The van der Waals surface area contributed by atoms with Gasteiger partial charge in [-0.15, -0.1) is 5.10 Å². The van der Waals surface area contributed by atoms with Crippen molar-refractivity contribution >= 4 is 17.6 Å². The van der Waals surface area contributed by atoms with Crippen molar-refractivity contribution in [2.24, 2.45) is 5.92 Å². The smallest absolute Gasteiger partial charge is 0.273 e. The average Bonchev–Trinajstić information content (AvgIpc) is 3.41. The van der Waals surface area contributed by atoms with Gasteiger partial charge in [0.15, 0.2) is 11.5 Å². The molecule has 0 aliphatic heterocycles. The quantitative estimate of drug-likeness (QED) is 0.689. The zero-order valence-electron chi connectivity index (χ0n) is 15.5. The van der Waals surface area contributed by atoms with Crippen molar-refractivity contribution in [2.45, 2.75) is 31.7 Å². The van der Waals surface area contributed by atoms with Gasteiger partial charge in [-0.3, -0.25) is 9.59 Å². The molecule has 8 nitrogen and oxygen atoms in total. The van der Waals surface area contributed by atoms with Crippen LogP contribution in [0, 0.1) is 11.7 Å². The van der Waals surface area contributed by atoms with E-state index in [9.17, 15) is 14.0 Å². The summed E-state index contributed by atoms with van der Waals surface area (Å²) in [6, 6.07) is 9.44. The Bertz CT molecular complexity index is 993. The summed E-state index contributed by atoms with van der Waals surface area (Å²) in [5, 5.41) is 13.6. The fraction of sp³-hybridized carbons (Fsp3) is 0.300. The van der Waals surface area contributed by atoms with Gasteiger partial charge in [0.05, 0.1) is 0 Å². The molecule has 2 N–H and O–H groups in total. The van der Waals surface area contributed by atoms with Gasteiger partial charge in [-0.1, -0.05) is 17.3 Å². The van der Waals surface area contributed by atoms with Gasteiger partial charge in [0.1, 0.15) is 17.8 Å². The molecule has 150 valence electrons. The Hall–Kier alpha value is -3.49. The minimum atomic E-state index is -0.389. The zero-order chi connectivity index (χ0) is 20.2. The van der Waals surface area contributed by atoms with Gasteiger partial charge in [0.2, 0.25) is 5.91 Å². The standard InChI is InChI=1S/C20H20FN5O3/c21-15-3-1-2-4-17(15)26-11-9-18(24-26)23-19(27)13-5-7-14(8-6-13)22-20(28)16-10-12-29-25-16/h1-4,9-14H,5-8H2,(H,22,28)(H,23,24,27)/t13-,14+. The summed E-state index contributed by atoms with van der Waals surface area (Å²) in [5.41, 5.74) is 0.562. The Morgan fingerprint density at radius 2 is 1.90 bits per heavy atom. The summed E-state index contributed by atoms with van der Waals surface area (Å²) in [5.74, 6) is -0.566. The van der Waals surface area contributed by atoms with Crippen LogP contribution in [0.5, 0.6) is 0 Å². The number of halogens is 1. The van der Waals surface area contributed by atoms with Crippen LogP contribution in [0.3, 0.4) is 0 Å². The van der Waals surface area contributed by atoms with Crippen LogP contribution in [-0.2, 0) is 4.79 Å². The lowest BCUT2D eigenvalue weighted by Crippen LogP contribution is -2.39. The third kappa shape index (κ3) is 4.34. The topological polar surface area (TPSA) is 102 Å². The van der Waals surface area contributed by atoms with E-state index in [-0.39, 0.29) is 35.3 Å². The van der Waals surface area contributed by atoms with Crippen molar-refractivity contribution in [3.05, 3.63) is 60.4 Å². The van der Waals surface area contributed by atoms with Crippen LogP contribution in [0.1, 0.15) is 36.2 Å². The summed E-state index contributed by atoms with van der Waals surface area (Å²) < 4.78 is 19.9. The van der Waals surface area contributed by atoms with Crippen LogP contribution >= 0.6 is 0 Å². The fourth-order valence-corrected chi connectivity index (χ4v) is 3.48. The third-order valence-electron chi connectivity index (χ3n) is 5.04. The van der Waals surface area contributed by atoms with Crippen molar-refractivity contribution in [3.8, 4) is 5.69 Å². The van der Waals surface area contributed by atoms with Crippen LogP contribution in [0.25, 0.3) is 5.69 Å². The maximum absolute atomic E-state index is 13.9. The van der Waals surface area contributed by atoms with Crippen molar-refractivity contribution in [1.29, 1.82) is 0 Å². The average molecular weight is 397 g/mol. The van der Waals surface area contributed by atoms with E-state index >= 15 is 0 Å². The van der Waals surface area contributed by atoms with Crippen LogP contribution in [0.4, 0.5) is 10.2 Å². The molecule has 1 saturated carbocycles. The molecular weight excluding hydrogens is 377 g/mol. The number of carbonyl (C=O) groups is 2. The second-order valence-corrected chi connectivity index (χ2v) is 6.99. The molecular formula is C20H20FN5O3. The number of amides is 2. The minimum Gasteiger partial charge on any atom is -0.364 e. The van der Waals surface area contributed by atoms with E-state index in [4.69, 9.17) is 0 Å². The van der Waals surface area contributed by atoms with Crippen LogP contribution in [0.2, 0.25) is 0 Å². The first-order chi connectivity index (χ1) is 14.1. The normalized spacial score (nSPS) is 18.9. The molecule has 1 aliphatic rings. The summed E-state index contributed by atoms with van der Waals surface area (Å²) in [6.07, 6.45) is 5.66. The lowest BCUT2D eigenvalue weighted by atomic mass is 9.85. The number of aromatic nitrogens is 3. The van der Waals surface area contributed by atoms with Gasteiger partial charge in [0, 0.05) is 30.3 Å².